The van der Waals surface area contributed by atoms with Crippen LogP contribution in [-0.2, 0) is 0 Å². The minimum Gasteiger partial charge on any atom is -0.497 e. The first-order valence-corrected chi connectivity index (χ1v) is 8.71. The predicted octanol–water partition coefficient (Wildman–Crippen LogP) is 3.75. The van der Waals surface area contributed by atoms with Crippen molar-refractivity contribution in [2.24, 2.45) is 0 Å². The SMILES string of the molecule is CCCCSCCCNC(=O)Nc1ccc(OC)cc1OC. The lowest BCUT2D eigenvalue weighted by Crippen LogP contribution is -2.29. The van der Waals surface area contributed by atoms with Gasteiger partial charge in [-0.1, -0.05) is 13.3 Å². The van der Waals surface area contributed by atoms with Gasteiger partial charge in [0.15, 0.2) is 0 Å². The molecule has 0 aliphatic carbocycles. The van der Waals surface area contributed by atoms with Gasteiger partial charge in [-0.25, -0.2) is 4.79 Å². The Morgan fingerprint density at radius 3 is 2.64 bits per heavy atom. The summed E-state index contributed by atoms with van der Waals surface area (Å²) in [5.41, 5.74) is 0.623. The number of thioether (sulfide) groups is 1. The summed E-state index contributed by atoms with van der Waals surface area (Å²) in [6.45, 7) is 2.86. The first-order valence-electron chi connectivity index (χ1n) is 7.55. The van der Waals surface area contributed by atoms with Crippen molar-refractivity contribution in [1.82, 2.24) is 5.32 Å². The molecule has 0 aliphatic rings. The summed E-state index contributed by atoms with van der Waals surface area (Å²) in [5, 5.41) is 5.64. The third-order valence-corrected chi connectivity index (χ3v) is 4.20. The van der Waals surface area contributed by atoms with Crippen LogP contribution in [0.5, 0.6) is 11.5 Å². The molecule has 0 unspecified atom stereocenters. The molecule has 2 N–H and O–H groups in total. The van der Waals surface area contributed by atoms with Crippen molar-refractivity contribution >= 4 is 23.5 Å². The van der Waals surface area contributed by atoms with E-state index >= 15 is 0 Å². The lowest BCUT2D eigenvalue weighted by molar-refractivity contribution is 0.252. The highest BCUT2D eigenvalue weighted by Gasteiger charge is 2.08. The summed E-state index contributed by atoms with van der Waals surface area (Å²) in [7, 11) is 3.15. The first kappa shape index (κ1) is 18.5. The fraction of sp³-hybridized carbons (Fsp3) is 0.562. The molecule has 0 saturated heterocycles. The van der Waals surface area contributed by atoms with Gasteiger partial charge in [0, 0.05) is 12.6 Å². The summed E-state index contributed by atoms with van der Waals surface area (Å²) in [6.07, 6.45) is 3.47. The van der Waals surface area contributed by atoms with Gasteiger partial charge in [-0.15, -0.1) is 0 Å². The lowest BCUT2D eigenvalue weighted by atomic mass is 10.2. The van der Waals surface area contributed by atoms with Crippen LogP contribution in [-0.4, -0.2) is 38.3 Å². The van der Waals surface area contributed by atoms with Crippen LogP contribution in [0.4, 0.5) is 10.5 Å². The Kier molecular flexibility index (Phi) is 9.30. The van der Waals surface area contributed by atoms with Gasteiger partial charge in [0.05, 0.1) is 19.9 Å². The lowest BCUT2D eigenvalue weighted by Gasteiger charge is -2.12. The van der Waals surface area contributed by atoms with Gasteiger partial charge in [0.25, 0.3) is 0 Å². The van der Waals surface area contributed by atoms with Crippen molar-refractivity contribution in [3.63, 3.8) is 0 Å². The smallest absolute Gasteiger partial charge is 0.319 e. The fourth-order valence-corrected chi connectivity index (χ4v) is 2.84. The number of methoxy groups -OCH3 is 2. The summed E-state index contributed by atoms with van der Waals surface area (Å²) in [6, 6.07) is 5.06. The molecule has 2 amide bonds. The van der Waals surface area contributed by atoms with Gasteiger partial charge in [-0.3, -0.25) is 0 Å². The molecule has 0 aliphatic heterocycles. The fourth-order valence-electron chi connectivity index (χ4n) is 1.79. The number of carbonyl (C=O) groups is 1. The number of urea groups is 1. The Bertz CT molecular complexity index is 455. The number of nitrogens with one attached hydrogen (secondary N) is 2. The molecule has 0 heterocycles. The van der Waals surface area contributed by atoms with Crippen LogP contribution >= 0.6 is 11.8 Å². The summed E-state index contributed by atoms with van der Waals surface area (Å²) < 4.78 is 10.4. The number of unbranched alkanes of at least 4 members (excludes halogenated alkanes) is 1. The predicted molar refractivity (Wildman–Crippen MR) is 93.4 cm³/mol. The van der Waals surface area contributed by atoms with Crippen molar-refractivity contribution < 1.29 is 14.3 Å². The zero-order valence-corrected chi connectivity index (χ0v) is 14.4. The van der Waals surface area contributed by atoms with E-state index in [-0.39, 0.29) is 6.03 Å². The van der Waals surface area contributed by atoms with Gasteiger partial charge >= 0.3 is 6.03 Å². The Morgan fingerprint density at radius 1 is 1.18 bits per heavy atom. The van der Waals surface area contributed by atoms with Crippen LogP contribution in [0.15, 0.2) is 18.2 Å². The number of hydrogen-bond donors (Lipinski definition) is 2. The molecule has 0 radical (unpaired) electrons. The molecular formula is C16H26N2O3S. The molecule has 5 nitrogen and oxygen atoms in total. The number of carbonyl (C=O) groups excluding carboxylic acids is 1. The Labute approximate surface area is 137 Å². The van der Waals surface area contributed by atoms with Gasteiger partial charge in [0.2, 0.25) is 0 Å². The molecule has 0 fully saturated rings. The van der Waals surface area contributed by atoms with Gasteiger partial charge in [0.1, 0.15) is 11.5 Å². The zero-order valence-electron chi connectivity index (χ0n) is 13.6. The summed E-state index contributed by atoms with van der Waals surface area (Å²) >= 11 is 1.94. The maximum atomic E-state index is 11.9. The normalized spacial score (nSPS) is 10.1. The van der Waals surface area contributed by atoms with E-state index < -0.39 is 0 Å². The second-order valence-corrected chi connectivity index (χ2v) is 5.99. The first-order chi connectivity index (χ1) is 10.7. The summed E-state index contributed by atoms with van der Waals surface area (Å²) in [4.78, 5) is 11.9. The number of rotatable bonds is 10. The number of anilines is 1. The number of benzene rings is 1. The Hall–Kier alpha value is -1.56. The molecule has 6 heteroatoms. The molecular weight excluding hydrogens is 300 g/mol. The second-order valence-electron chi connectivity index (χ2n) is 4.77. The second kappa shape index (κ2) is 11.1. The average molecular weight is 326 g/mol. The molecule has 124 valence electrons. The highest BCUT2D eigenvalue weighted by molar-refractivity contribution is 7.99. The minimum atomic E-state index is -0.220. The van der Waals surface area contributed by atoms with Crippen molar-refractivity contribution in [3.8, 4) is 11.5 Å². The molecule has 22 heavy (non-hydrogen) atoms. The Balaban J connectivity index is 2.30. The van der Waals surface area contributed by atoms with Crippen molar-refractivity contribution in [3.05, 3.63) is 18.2 Å². The van der Waals surface area contributed by atoms with E-state index in [2.05, 4.69) is 17.6 Å². The highest BCUT2D eigenvalue weighted by atomic mass is 32.2. The zero-order chi connectivity index (χ0) is 16.2. The number of hydrogen-bond acceptors (Lipinski definition) is 4. The Morgan fingerprint density at radius 2 is 1.95 bits per heavy atom. The topological polar surface area (TPSA) is 59.6 Å². The van der Waals surface area contributed by atoms with Crippen LogP contribution in [0.25, 0.3) is 0 Å². The van der Waals surface area contributed by atoms with Crippen LogP contribution < -0.4 is 20.1 Å². The van der Waals surface area contributed by atoms with E-state index in [4.69, 9.17) is 9.47 Å². The van der Waals surface area contributed by atoms with E-state index in [0.29, 0.717) is 23.7 Å². The van der Waals surface area contributed by atoms with E-state index in [1.807, 2.05) is 11.8 Å². The molecule has 1 aromatic carbocycles. The van der Waals surface area contributed by atoms with E-state index in [1.165, 1.54) is 18.6 Å². The molecule has 0 aromatic heterocycles. The third kappa shape index (κ3) is 6.93. The van der Waals surface area contributed by atoms with Gasteiger partial charge in [-0.05, 0) is 36.5 Å². The van der Waals surface area contributed by atoms with E-state index in [1.54, 1.807) is 32.4 Å². The van der Waals surface area contributed by atoms with Gasteiger partial charge in [-0.2, -0.15) is 11.8 Å². The number of ether oxygens (including phenoxy) is 2. The monoisotopic (exact) mass is 326 g/mol. The van der Waals surface area contributed by atoms with Gasteiger partial charge < -0.3 is 20.1 Å². The number of amides is 2. The molecule has 1 aromatic rings. The van der Waals surface area contributed by atoms with Crippen LogP contribution in [0.1, 0.15) is 26.2 Å². The minimum absolute atomic E-state index is 0.220. The molecule has 0 spiro atoms. The van der Waals surface area contributed by atoms with Crippen LogP contribution in [0.2, 0.25) is 0 Å². The van der Waals surface area contributed by atoms with E-state index in [9.17, 15) is 4.79 Å². The largest absolute Gasteiger partial charge is 0.497 e. The van der Waals surface area contributed by atoms with Crippen molar-refractivity contribution in [1.29, 1.82) is 0 Å². The van der Waals surface area contributed by atoms with Crippen molar-refractivity contribution in [2.45, 2.75) is 26.2 Å². The molecule has 0 atom stereocenters. The molecule has 0 bridgehead atoms. The van der Waals surface area contributed by atoms with Crippen LogP contribution in [0.3, 0.4) is 0 Å². The summed E-state index contributed by atoms with van der Waals surface area (Å²) in [5.74, 6) is 3.54. The standard InChI is InChI=1S/C16H26N2O3S/c1-4-5-10-22-11-6-9-17-16(19)18-14-8-7-13(20-2)12-15(14)21-3/h7-8,12H,4-6,9-11H2,1-3H3,(H2,17,18,19). The molecule has 0 saturated carbocycles. The van der Waals surface area contributed by atoms with Crippen LogP contribution in [0, 0.1) is 0 Å². The quantitative estimate of drug-likeness (QED) is 0.643. The third-order valence-electron chi connectivity index (χ3n) is 3.05. The maximum absolute atomic E-state index is 11.9. The highest BCUT2D eigenvalue weighted by Crippen LogP contribution is 2.28. The molecule has 1 rings (SSSR count). The average Bonchev–Trinajstić information content (AvgIpc) is 2.54. The van der Waals surface area contributed by atoms with Crippen molar-refractivity contribution in [2.75, 3.05) is 37.6 Å². The van der Waals surface area contributed by atoms with E-state index in [0.717, 1.165) is 12.2 Å². The maximum Gasteiger partial charge on any atom is 0.319 e.